The van der Waals surface area contributed by atoms with E-state index >= 15 is 0 Å². The third kappa shape index (κ3) is 4.15. The Morgan fingerprint density at radius 2 is 1.76 bits per heavy atom. The van der Waals surface area contributed by atoms with Gasteiger partial charge in [-0.3, -0.25) is 18.5 Å². The molecule has 5 rings (SSSR count). The van der Waals surface area contributed by atoms with Gasteiger partial charge in [0.15, 0.2) is 0 Å². The van der Waals surface area contributed by atoms with Crippen molar-refractivity contribution in [3.8, 4) is 22.5 Å². The van der Waals surface area contributed by atoms with Gasteiger partial charge in [-0.05, 0) is 54.1 Å². The molecule has 2 aromatic heterocycles. The Hall–Kier alpha value is -4.44. The van der Waals surface area contributed by atoms with E-state index in [0.29, 0.717) is 45.3 Å². The minimum absolute atomic E-state index is 0.234. The fraction of sp³-hybridized carbons (Fsp3) is 0.111. The van der Waals surface area contributed by atoms with Crippen LogP contribution >= 0.6 is 0 Å². The van der Waals surface area contributed by atoms with Crippen LogP contribution in [0.4, 0.5) is 10.1 Å². The normalized spacial score (nSPS) is 11.7. The Morgan fingerprint density at radius 3 is 2.41 bits per heavy atom. The molecule has 8 nitrogen and oxygen atoms in total. The lowest BCUT2D eigenvalue weighted by atomic mass is 9.97. The first-order chi connectivity index (χ1) is 17.6. The molecule has 0 bridgehead atoms. The number of anilines is 1. The molecule has 3 aromatic carbocycles. The van der Waals surface area contributed by atoms with Crippen LogP contribution in [-0.2, 0) is 14.8 Å². The van der Waals surface area contributed by atoms with Crippen LogP contribution in [-0.4, -0.2) is 45.7 Å². The number of rotatable bonds is 6. The number of halogens is 1. The smallest absolute Gasteiger partial charge is 0.255 e. The lowest BCUT2D eigenvalue weighted by Gasteiger charge is -2.21. The van der Waals surface area contributed by atoms with Crippen LogP contribution in [0.2, 0.25) is 0 Å². The van der Waals surface area contributed by atoms with Gasteiger partial charge in [0.2, 0.25) is 16.4 Å². The summed E-state index contributed by atoms with van der Waals surface area (Å²) in [6.45, 7) is 0. The van der Waals surface area contributed by atoms with Crippen molar-refractivity contribution in [2.45, 2.75) is 0 Å². The van der Waals surface area contributed by atoms with E-state index in [1.165, 1.54) is 42.9 Å². The number of furan rings is 1. The van der Waals surface area contributed by atoms with Gasteiger partial charge in [-0.25, -0.2) is 12.8 Å². The third-order valence-electron chi connectivity index (χ3n) is 6.35. The summed E-state index contributed by atoms with van der Waals surface area (Å²) in [7, 11) is -0.729. The zero-order chi connectivity index (χ0) is 26.5. The number of carbonyl (C=O) groups is 2. The summed E-state index contributed by atoms with van der Waals surface area (Å²) in [6.07, 6.45) is 3.44. The van der Waals surface area contributed by atoms with Gasteiger partial charge in [0.05, 0.1) is 23.0 Å². The number of fused-ring (bicyclic) bond motifs is 2. The lowest BCUT2D eigenvalue weighted by Crippen LogP contribution is -2.25. The molecule has 0 aliphatic rings. The monoisotopic (exact) mass is 519 g/mol. The number of sulfonamides is 1. The van der Waals surface area contributed by atoms with Crippen molar-refractivity contribution >= 4 is 49.9 Å². The maximum Gasteiger partial charge on any atom is 0.255 e. The Kier molecular flexibility index (Phi) is 5.83. The Labute approximate surface area is 212 Å². The molecule has 5 aromatic rings. The SMILES string of the molecule is CNC(=O)c1c(-c2ccc(F)cc2)oc2cc(N(C)S(C)(=O)=O)c(-c3ccc4c(ccn4C=O)c3)cc12. The number of nitrogens with zero attached hydrogens (tertiary/aromatic N) is 2. The fourth-order valence-corrected chi connectivity index (χ4v) is 4.89. The van der Waals surface area contributed by atoms with Gasteiger partial charge in [0.1, 0.15) is 17.2 Å². The van der Waals surface area contributed by atoms with E-state index in [2.05, 4.69) is 5.32 Å². The van der Waals surface area contributed by atoms with E-state index < -0.39 is 21.7 Å². The largest absolute Gasteiger partial charge is 0.455 e. The first-order valence-electron chi connectivity index (χ1n) is 11.2. The quantitative estimate of drug-likeness (QED) is 0.329. The van der Waals surface area contributed by atoms with Crippen LogP contribution < -0.4 is 9.62 Å². The van der Waals surface area contributed by atoms with Crippen molar-refractivity contribution < 1.29 is 26.8 Å². The van der Waals surface area contributed by atoms with Crippen LogP contribution in [0.15, 0.2) is 71.3 Å². The van der Waals surface area contributed by atoms with Crippen LogP contribution in [0.25, 0.3) is 44.3 Å². The summed E-state index contributed by atoms with van der Waals surface area (Å²) < 4.78 is 47.3. The molecule has 37 heavy (non-hydrogen) atoms. The van der Waals surface area contributed by atoms with Crippen molar-refractivity contribution in [2.24, 2.45) is 0 Å². The molecule has 0 radical (unpaired) electrons. The van der Waals surface area contributed by atoms with Crippen molar-refractivity contribution in [2.75, 3.05) is 24.7 Å². The summed E-state index contributed by atoms with van der Waals surface area (Å²) >= 11 is 0. The number of nitrogens with one attached hydrogen (secondary N) is 1. The second-order valence-electron chi connectivity index (χ2n) is 8.59. The van der Waals surface area contributed by atoms with Crippen molar-refractivity contribution in [3.05, 3.63) is 78.2 Å². The van der Waals surface area contributed by atoms with E-state index in [4.69, 9.17) is 4.42 Å². The molecule has 0 saturated heterocycles. The predicted octanol–water partition coefficient (Wildman–Crippen LogP) is 4.65. The maximum absolute atomic E-state index is 13.6. The van der Waals surface area contributed by atoms with Gasteiger partial charge >= 0.3 is 0 Å². The highest BCUT2D eigenvalue weighted by atomic mass is 32.2. The number of hydrogen-bond acceptors (Lipinski definition) is 5. The molecule has 2 heterocycles. The molecule has 0 aliphatic heterocycles. The predicted molar refractivity (Wildman–Crippen MR) is 141 cm³/mol. The molecule has 0 spiro atoms. The molecular weight excluding hydrogens is 497 g/mol. The summed E-state index contributed by atoms with van der Waals surface area (Å²) in [5, 5.41) is 3.86. The Bertz CT molecular complexity index is 1800. The topological polar surface area (TPSA) is 102 Å². The maximum atomic E-state index is 13.6. The fourth-order valence-electron chi connectivity index (χ4n) is 4.38. The van der Waals surface area contributed by atoms with Crippen LogP contribution in [0.1, 0.15) is 10.4 Å². The second kappa shape index (κ2) is 8.90. The molecule has 0 aliphatic carbocycles. The molecule has 1 amide bonds. The van der Waals surface area contributed by atoms with E-state index in [-0.39, 0.29) is 11.3 Å². The van der Waals surface area contributed by atoms with E-state index in [9.17, 15) is 22.4 Å². The molecule has 0 saturated carbocycles. The Morgan fingerprint density at radius 1 is 1.05 bits per heavy atom. The number of amides is 1. The van der Waals surface area contributed by atoms with E-state index in [0.717, 1.165) is 15.9 Å². The van der Waals surface area contributed by atoms with Crippen LogP contribution in [0.5, 0.6) is 0 Å². The van der Waals surface area contributed by atoms with Crippen molar-refractivity contribution in [1.29, 1.82) is 0 Å². The van der Waals surface area contributed by atoms with Gasteiger partial charge in [-0.15, -0.1) is 0 Å². The van der Waals surface area contributed by atoms with Gasteiger partial charge < -0.3 is 9.73 Å². The summed E-state index contributed by atoms with van der Waals surface area (Å²) in [5.74, 6) is -0.607. The molecule has 188 valence electrons. The molecule has 0 unspecified atom stereocenters. The highest BCUT2D eigenvalue weighted by Gasteiger charge is 2.26. The first-order valence-corrected chi connectivity index (χ1v) is 13.1. The molecule has 0 fully saturated rings. The average Bonchev–Trinajstić information content (AvgIpc) is 3.47. The second-order valence-corrected chi connectivity index (χ2v) is 10.6. The van der Waals surface area contributed by atoms with E-state index in [1.54, 1.807) is 36.5 Å². The van der Waals surface area contributed by atoms with Crippen molar-refractivity contribution in [1.82, 2.24) is 9.88 Å². The zero-order valence-electron chi connectivity index (χ0n) is 20.2. The first kappa shape index (κ1) is 24.3. The molecule has 0 atom stereocenters. The molecular formula is C27H22FN3O5S. The van der Waals surface area contributed by atoms with Gasteiger partial charge in [0.25, 0.3) is 5.91 Å². The summed E-state index contributed by atoms with van der Waals surface area (Å²) in [5.41, 5.74) is 3.28. The number of aromatic nitrogens is 1. The van der Waals surface area contributed by atoms with E-state index in [1.807, 2.05) is 6.07 Å². The van der Waals surface area contributed by atoms with Crippen LogP contribution in [0, 0.1) is 5.82 Å². The van der Waals surface area contributed by atoms with Crippen LogP contribution in [0.3, 0.4) is 0 Å². The van der Waals surface area contributed by atoms with Gasteiger partial charge in [-0.1, -0.05) is 6.07 Å². The minimum Gasteiger partial charge on any atom is -0.455 e. The Balaban J connectivity index is 1.84. The number of benzene rings is 3. The number of hydrogen-bond donors (Lipinski definition) is 1. The average molecular weight is 520 g/mol. The highest BCUT2D eigenvalue weighted by Crippen LogP contribution is 2.41. The highest BCUT2D eigenvalue weighted by molar-refractivity contribution is 7.92. The number of carbonyl (C=O) groups excluding carboxylic acids is 2. The lowest BCUT2D eigenvalue weighted by molar-refractivity contribution is 0.0964. The summed E-state index contributed by atoms with van der Waals surface area (Å²) in [4.78, 5) is 24.3. The van der Waals surface area contributed by atoms with Gasteiger partial charge in [-0.2, -0.15) is 0 Å². The minimum atomic E-state index is -3.66. The van der Waals surface area contributed by atoms with Gasteiger partial charge in [0, 0.05) is 48.3 Å². The molecule has 10 heteroatoms. The third-order valence-corrected chi connectivity index (χ3v) is 7.54. The standard InChI is InChI=1S/C27H22FN3O5S/c1-29-27(33)25-21-13-20(17-6-9-22-18(12-17)10-11-31(22)15-32)23(30(2)37(3,34)35)14-24(21)36-26(25)16-4-7-19(28)8-5-16/h4-15H,1-3H3,(H,29,33). The van der Waals surface area contributed by atoms with Crippen molar-refractivity contribution in [3.63, 3.8) is 0 Å². The zero-order valence-corrected chi connectivity index (χ0v) is 21.0. The molecule has 1 N–H and O–H groups in total. The summed E-state index contributed by atoms with van der Waals surface area (Å²) in [6, 6.07) is 16.0.